The van der Waals surface area contributed by atoms with Crippen molar-refractivity contribution in [2.75, 3.05) is 25.5 Å². The summed E-state index contributed by atoms with van der Waals surface area (Å²) in [6.45, 7) is 4.44. The Balaban J connectivity index is 1.26. The summed E-state index contributed by atoms with van der Waals surface area (Å²) in [5.41, 5.74) is 2.05. The number of hydrogen-bond acceptors (Lipinski definition) is 4. The second kappa shape index (κ2) is 12.8. The van der Waals surface area contributed by atoms with Crippen molar-refractivity contribution in [1.29, 1.82) is 0 Å². The maximum atomic E-state index is 5.45. The second-order valence-electron chi connectivity index (χ2n) is 8.15. The zero-order chi connectivity index (χ0) is 21.0. The Morgan fingerprint density at radius 2 is 1.80 bits per heavy atom. The van der Waals surface area contributed by atoms with E-state index in [1.165, 1.54) is 44.4 Å². The molecule has 161 valence electrons. The van der Waals surface area contributed by atoms with Gasteiger partial charge in [-0.1, -0.05) is 25.3 Å². The molecule has 4 heteroatoms. The molecule has 1 fully saturated rings. The summed E-state index contributed by atoms with van der Waals surface area (Å²) in [6, 6.07) is 8.50. The van der Waals surface area contributed by atoms with Gasteiger partial charge in [0.25, 0.3) is 0 Å². The van der Waals surface area contributed by atoms with Gasteiger partial charge < -0.3 is 15.4 Å². The van der Waals surface area contributed by atoms with E-state index < -0.39 is 0 Å². The molecule has 30 heavy (non-hydrogen) atoms. The van der Waals surface area contributed by atoms with E-state index in [0.29, 0.717) is 6.04 Å². The van der Waals surface area contributed by atoms with Gasteiger partial charge in [0.05, 0.1) is 18.3 Å². The van der Waals surface area contributed by atoms with Gasteiger partial charge in [-0.05, 0) is 89.4 Å². The highest BCUT2D eigenvalue weighted by molar-refractivity contribution is 5.91. The molecule has 2 N–H and O–H groups in total. The smallest absolute Gasteiger partial charge is 0.121 e. The lowest BCUT2D eigenvalue weighted by Crippen LogP contribution is -2.21. The standard InChI is InChI=1S/C26H36N3O/c1-21(29-25-20-24(30-2)19-23-15-10-18-28-26(23)25)11-9-17-27-16-8-4-3-5-12-22-13-6-7-14-22/h6-7,10,13-15,18-21,27,29H,3-5,8-9,11-12,16-17H2,1-2H3. The predicted molar refractivity (Wildman–Crippen MR) is 127 cm³/mol. The van der Waals surface area contributed by atoms with Crippen molar-refractivity contribution in [2.24, 2.45) is 0 Å². The molecule has 0 bridgehead atoms. The first-order chi connectivity index (χ1) is 14.8. The minimum absolute atomic E-state index is 0.389. The van der Waals surface area contributed by atoms with E-state index in [1.54, 1.807) is 7.11 Å². The second-order valence-corrected chi connectivity index (χ2v) is 8.15. The molecule has 4 nitrogen and oxygen atoms in total. The lowest BCUT2D eigenvalue weighted by Gasteiger charge is -2.17. The van der Waals surface area contributed by atoms with Gasteiger partial charge in [-0.15, -0.1) is 0 Å². The monoisotopic (exact) mass is 406 g/mol. The highest BCUT2D eigenvalue weighted by Gasteiger charge is 2.15. The molecule has 1 saturated carbocycles. The van der Waals surface area contributed by atoms with Crippen molar-refractivity contribution >= 4 is 16.6 Å². The molecule has 1 unspecified atom stereocenters. The summed E-state index contributed by atoms with van der Waals surface area (Å²) in [7, 11) is 1.71. The highest BCUT2D eigenvalue weighted by Crippen LogP contribution is 2.29. The number of methoxy groups -OCH3 is 1. The number of aromatic nitrogens is 1. The fourth-order valence-electron chi connectivity index (χ4n) is 3.90. The Morgan fingerprint density at radius 3 is 2.63 bits per heavy atom. The molecule has 1 aliphatic rings. The van der Waals surface area contributed by atoms with Crippen LogP contribution in [0.25, 0.3) is 10.9 Å². The number of nitrogens with one attached hydrogen (secondary N) is 2. The fourth-order valence-corrected chi connectivity index (χ4v) is 3.90. The first-order valence-corrected chi connectivity index (χ1v) is 11.4. The Morgan fingerprint density at radius 1 is 1.00 bits per heavy atom. The molecular weight excluding hydrogens is 370 g/mol. The zero-order valence-corrected chi connectivity index (χ0v) is 18.5. The summed E-state index contributed by atoms with van der Waals surface area (Å²) in [4.78, 5) is 4.54. The molecule has 1 aromatic heterocycles. The van der Waals surface area contributed by atoms with Gasteiger partial charge >= 0.3 is 0 Å². The van der Waals surface area contributed by atoms with Gasteiger partial charge in [-0.3, -0.25) is 4.98 Å². The normalized spacial score (nSPS) is 15.5. The fraction of sp³-hybridized carbons (Fsp3) is 0.462. The number of unbranched alkanes of at least 4 members (excludes halogenated alkanes) is 3. The topological polar surface area (TPSA) is 46.2 Å². The van der Waals surface area contributed by atoms with E-state index in [0.717, 1.165) is 41.9 Å². The zero-order valence-electron chi connectivity index (χ0n) is 18.5. The van der Waals surface area contributed by atoms with Gasteiger partial charge in [0.15, 0.2) is 0 Å². The van der Waals surface area contributed by atoms with Crippen LogP contribution in [0.2, 0.25) is 0 Å². The summed E-state index contributed by atoms with van der Waals surface area (Å²) in [5.74, 6) is 2.34. The van der Waals surface area contributed by atoms with Crippen LogP contribution in [0.15, 0.2) is 30.5 Å². The Kier molecular flexibility index (Phi) is 9.75. The van der Waals surface area contributed by atoms with Gasteiger partial charge in [0, 0.05) is 23.7 Å². The number of nitrogens with zero attached hydrogens (tertiary/aromatic N) is 1. The average Bonchev–Trinajstić information content (AvgIpc) is 3.28. The molecule has 2 aromatic rings. The number of ether oxygens (including phenoxy) is 1. The summed E-state index contributed by atoms with van der Waals surface area (Å²) in [6.07, 6.45) is 19.3. The quantitative estimate of drug-likeness (QED) is 0.391. The van der Waals surface area contributed by atoms with Crippen LogP contribution >= 0.6 is 0 Å². The minimum Gasteiger partial charge on any atom is -0.497 e. The molecule has 1 heterocycles. The maximum absolute atomic E-state index is 5.45. The Bertz CT molecular complexity index is 742. The van der Waals surface area contributed by atoms with Crippen molar-refractivity contribution in [3.05, 3.63) is 62.1 Å². The third kappa shape index (κ3) is 7.46. The predicted octanol–water partition coefficient (Wildman–Crippen LogP) is 5.77. The van der Waals surface area contributed by atoms with Gasteiger partial charge in [0.1, 0.15) is 5.75 Å². The number of hydrogen-bond donors (Lipinski definition) is 2. The van der Waals surface area contributed by atoms with Gasteiger partial charge in [-0.25, -0.2) is 0 Å². The molecule has 0 aliphatic heterocycles. The summed E-state index contributed by atoms with van der Waals surface area (Å²) < 4.78 is 5.45. The van der Waals surface area contributed by atoms with Crippen LogP contribution in [-0.4, -0.2) is 31.2 Å². The van der Waals surface area contributed by atoms with Crippen LogP contribution in [0.5, 0.6) is 5.75 Å². The van der Waals surface area contributed by atoms with E-state index in [9.17, 15) is 0 Å². The maximum Gasteiger partial charge on any atom is 0.121 e. The van der Waals surface area contributed by atoms with Crippen molar-refractivity contribution < 1.29 is 4.74 Å². The molecule has 0 spiro atoms. The molecule has 1 atom stereocenters. The largest absolute Gasteiger partial charge is 0.497 e. The number of rotatable bonds is 14. The van der Waals surface area contributed by atoms with Crippen LogP contribution in [0.3, 0.4) is 0 Å². The Hall–Kier alpha value is -1.81. The molecular formula is C26H36N3O. The first-order valence-electron chi connectivity index (χ1n) is 11.4. The van der Waals surface area contributed by atoms with E-state index in [4.69, 9.17) is 4.74 Å². The Labute approximate surface area is 183 Å². The van der Waals surface area contributed by atoms with Gasteiger partial charge in [0.2, 0.25) is 0 Å². The number of fused-ring (bicyclic) bond motifs is 1. The van der Waals surface area contributed by atoms with Crippen molar-refractivity contribution in [3.63, 3.8) is 0 Å². The molecule has 0 saturated heterocycles. The van der Waals surface area contributed by atoms with E-state index in [2.05, 4.69) is 54.3 Å². The average molecular weight is 407 g/mol. The van der Waals surface area contributed by atoms with Crippen LogP contribution in [-0.2, 0) is 0 Å². The third-order valence-corrected chi connectivity index (χ3v) is 5.61. The summed E-state index contributed by atoms with van der Waals surface area (Å²) in [5, 5.41) is 8.32. The van der Waals surface area contributed by atoms with Crippen molar-refractivity contribution in [3.8, 4) is 5.75 Å². The number of anilines is 1. The minimum atomic E-state index is 0.389. The summed E-state index contributed by atoms with van der Waals surface area (Å²) >= 11 is 0. The van der Waals surface area contributed by atoms with Crippen molar-refractivity contribution in [1.82, 2.24) is 10.3 Å². The van der Waals surface area contributed by atoms with Crippen LogP contribution in [0.4, 0.5) is 5.69 Å². The van der Waals surface area contributed by atoms with Crippen LogP contribution in [0, 0.1) is 31.6 Å². The van der Waals surface area contributed by atoms with Crippen molar-refractivity contribution in [2.45, 2.75) is 57.9 Å². The number of pyridine rings is 1. The van der Waals surface area contributed by atoms with E-state index in [1.807, 2.05) is 24.4 Å². The first kappa shape index (κ1) is 22.9. The van der Waals surface area contributed by atoms with Crippen LogP contribution in [0.1, 0.15) is 51.9 Å². The molecule has 5 radical (unpaired) electrons. The van der Waals surface area contributed by atoms with E-state index >= 15 is 0 Å². The lowest BCUT2D eigenvalue weighted by molar-refractivity contribution is 0.415. The van der Waals surface area contributed by atoms with Gasteiger partial charge in [-0.2, -0.15) is 0 Å². The van der Waals surface area contributed by atoms with Crippen LogP contribution < -0.4 is 15.4 Å². The molecule has 1 aromatic carbocycles. The highest BCUT2D eigenvalue weighted by atomic mass is 16.5. The molecule has 0 amide bonds. The number of benzene rings is 1. The molecule has 1 aliphatic carbocycles. The third-order valence-electron chi connectivity index (χ3n) is 5.61. The van der Waals surface area contributed by atoms with E-state index in [-0.39, 0.29) is 0 Å². The lowest BCUT2D eigenvalue weighted by atomic mass is 9.99. The molecule has 3 rings (SSSR count). The SMILES string of the molecule is COc1cc(NC(C)CCCNCCCCCC[C]2[CH][CH][CH][CH]2)c2ncccc2c1.